The molecule has 22 heavy (non-hydrogen) atoms. The van der Waals surface area contributed by atoms with E-state index in [2.05, 4.69) is 4.98 Å². The highest BCUT2D eigenvalue weighted by atomic mass is 16.5. The summed E-state index contributed by atoms with van der Waals surface area (Å²) in [6, 6.07) is 6.91. The van der Waals surface area contributed by atoms with Crippen LogP contribution >= 0.6 is 0 Å². The van der Waals surface area contributed by atoms with Gasteiger partial charge in [0.05, 0.1) is 23.6 Å². The number of fused-ring (bicyclic) bond motifs is 2. The van der Waals surface area contributed by atoms with Gasteiger partial charge in [-0.1, -0.05) is 18.2 Å². The molecule has 0 amide bonds. The summed E-state index contributed by atoms with van der Waals surface area (Å²) >= 11 is 0. The molecule has 0 aliphatic rings. The van der Waals surface area contributed by atoms with E-state index in [9.17, 15) is 14.4 Å². The fourth-order valence-electron chi connectivity index (χ4n) is 2.53. The topological polar surface area (TPSA) is 83.2 Å². The highest BCUT2D eigenvalue weighted by Gasteiger charge is 2.22. The molecule has 0 saturated heterocycles. The van der Waals surface area contributed by atoms with E-state index in [1.165, 1.54) is 25.8 Å². The highest BCUT2D eigenvalue weighted by Crippen LogP contribution is 2.23. The van der Waals surface area contributed by atoms with Crippen molar-refractivity contribution in [3.05, 3.63) is 50.7 Å². The Labute approximate surface area is 124 Å². The number of ether oxygens (including phenoxy) is 1. The van der Waals surface area contributed by atoms with Gasteiger partial charge in [-0.15, -0.1) is 0 Å². The minimum atomic E-state index is -0.639. The zero-order valence-electron chi connectivity index (χ0n) is 12.3. The summed E-state index contributed by atoms with van der Waals surface area (Å²) in [4.78, 5) is 41.1. The van der Waals surface area contributed by atoms with Crippen molar-refractivity contribution in [3.63, 3.8) is 0 Å². The van der Waals surface area contributed by atoms with Gasteiger partial charge in [-0.3, -0.25) is 13.9 Å². The molecule has 0 bridgehead atoms. The Morgan fingerprint density at radius 2 is 1.82 bits per heavy atom. The standard InChI is InChI=1S/C15H13N3O4/c1-17-12-11(13(19)18(2)15(17)21)10(14(20)22-3)8-6-4-5-7-9(8)16-12/h4-7H,1-3H3. The molecule has 112 valence electrons. The largest absolute Gasteiger partial charge is 0.465 e. The number of para-hydroxylation sites is 1. The zero-order valence-corrected chi connectivity index (χ0v) is 12.3. The molecule has 0 aliphatic carbocycles. The summed E-state index contributed by atoms with van der Waals surface area (Å²) in [6.45, 7) is 0. The van der Waals surface area contributed by atoms with Crippen molar-refractivity contribution in [2.75, 3.05) is 7.11 Å². The van der Waals surface area contributed by atoms with Crippen LogP contribution in [0.25, 0.3) is 21.9 Å². The number of hydrogen-bond acceptors (Lipinski definition) is 5. The van der Waals surface area contributed by atoms with Gasteiger partial charge in [0, 0.05) is 19.5 Å². The fraction of sp³-hybridized carbons (Fsp3) is 0.200. The molecule has 0 fully saturated rings. The molecule has 0 aliphatic heterocycles. The highest BCUT2D eigenvalue weighted by molar-refractivity contribution is 6.13. The van der Waals surface area contributed by atoms with E-state index in [1.54, 1.807) is 24.3 Å². The van der Waals surface area contributed by atoms with Crippen LogP contribution in [0, 0.1) is 0 Å². The van der Waals surface area contributed by atoms with Crippen LogP contribution in [0.15, 0.2) is 33.9 Å². The van der Waals surface area contributed by atoms with Crippen LogP contribution in [0.5, 0.6) is 0 Å². The maximum absolute atomic E-state index is 12.5. The van der Waals surface area contributed by atoms with Crippen molar-refractivity contribution in [1.29, 1.82) is 0 Å². The van der Waals surface area contributed by atoms with Crippen LogP contribution in [0.2, 0.25) is 0 Å². The minimum absolute atomic E-state index is 0.0788. The van der Waals surface area contributed by atoms with Gasteiger partial charge < -0.3 is 4.74 Å². The van der Waals surface area contributed by atoms with Crippen molar-refractivity contribution < 1.29 is 9.53 Å². The molecule has 3 rings (SSSR count). The number of methoxy groups -OCH3 is 1. The Hall–Kier alpha value is -2.96. The third kappa shape index (κ3) is 1.75. The first-order valence-corrected chi connectivity index (χ1v) is 6.54. The number of rotatable bonds is 1. The molecule has 3 aromatic rings. The average Bonchev–Trinajstić information content (AvgIpc) is 2.55. The van der Waals surface area contributed by atoms with Gasteiger partial charge in [-0.05, 0) is 6.07 Å². The Morgan fingerprint density at radius 1 is 1.14 bits per heavy atom. The first-order chi connectivity index (χ1) is 10.5. The smallest absolute Gasteiger partial charge is 0.339 e. The number of carbonyl (C=O) groups excluding carboxylic acids is 1. The van der Waals surface area contributed by atoms with Crippen LogP contribution in [0.4, 0.5) is 0 Å². The lowest BCUT2D eigenvalue weighted by molar-refractivity contribution is 0.0605. The minimum Gasteiger partial charge on any atom is -0.465 e. The quantitative estimate of drug-likeness (QED) is 0.484. The van der Waals surface area contributed by atoms with E-state index in [1.807, 2.05) is 0 Å². The van der Waals surface area contributed by atoms with Crippen LogP contribution in [0.3, 0.4) is 0 Å². The summed E-state index contributed by atoms with van der Waals surface area (Å²) in [7, 11) is 4.11. The number of carbonyl (C=O) groups is 1. The van der Waals surface area contributed by atoms with Crippen molar-refractivity contribution in [3.8, 4) is 0 Å². The van der Waals surface area contributed by atoms with E-state index in [-0.39, 0.29) is 16.6 Å². The Bertz CT molecular complexity index is 1050. The lowest BCUT2D eigenvalue weighted by Crippen LogP contribution is -2.38. The predicted octanol–water partition coefficient (Wildman–Crippen LogP) is 0.572. The summed E-state index contributed by atoms with van der Waals surface area (Å²) in [5.74, 6) is -0.639. The van der Waals surface area contributed by atoms with Crippen LogP contribution < -0.4 is 11.2 Å². The van der Waals surface area contributed by atoms with Gasteiger partial charge in [0.15, 0.2) is 5.65 Å². The van der Waals surface area contributed by atoms with E-state index >= 15 is 0 Å². The zero-order chi connectivity index (χ0) is 16.0. The van der Waals surface area contributed by atoms with Gasteiger partial charge in [0.1, 0.15) is 0 Å². The second-order valence-corrected chi connectivity index (χ2v) is 4.90. The van der Waals surface area contributed by atoms with Gasteiger partial charge in [0.2, 0.25) is 0 Å². The monoisotopic (exact) mass is 299 g/mol. The summed E-state index contributed by atoms with van der Waals surface area (Å²) in [5.41, 5.74) is -0.280. The number of aryl methyl sites for hydroxylation is 1. The Kier molecular flexibility index (Phi) is 3.05. The third-order valence-electron chi connectivity index (χ3n) is 3.67. The van der Waals surface area contributed by atoms with Crippen molar-refractivity contribution in [1.82, 2.24) is 14.1 Å². The molecule has 0 saturated carbocycles. The second kappa shape index (κ2) is 4.80. The summed E-state index contributed by atoms with van der Waals surface area (Å²) in [6.07, 6.45) is 0. The van der Waals surface area contributed by atoms with Crippen LogP contribution in [-0.4, -0.2) is 27.2 Å². The number of aromatic nitrogens is 3. The van der Waals surface area contributed by atoms with Crippen LogP contribution in [-0.2, 0) is 18.8 Å². The molecular weight excluding hydrogens is 286 g/mol. The molecule has 7 heteroatoms. The predicted molar refractivity (Wildman–Crippen MR) is 81.1 cm³/mol. The van der Waals surface area contributed by atoms with Crippen LogP contribution in [0.1, 0.15) is 10.4 Å². The number of hydrogen-bond donors (Lipinski definition) is 0. The van der Waals surface area contributed by atoms with Gasteiger partial charge in [-0.25, -0.2) is 14.6 Å². The van der Waals surface area contributed by atoms with Crippen molar-refractivity contribution in [2.45, 2.75) is 0 Å². The Balaban J connectivity index is 2.74. The maximum atomic E-state index is 12.5. The lowest BCUT2D eigenvalue weighted by atomic mass is 10.1. The van der Waals surface area contributed by atoms with Crippen molar-refractivity contribution >= 4 is 27.9 Å². The maximum Gasteiger partial charge on any atom is 0.339 e. The molecule has 2 aromatic heterocycles. The molecular formula is C15H13N3O4. The van der Waals surface area contributed by atoms with Gasteiger partial charge >= 0.3 is 11.7 Å². The molecule has 0 spiro atoms. The number of pyridine rings is 1. The molecule has 2 heterocycles. The molecule has 0 N–H and O–H groups in total. The fourth-order valence-corrected chi connectivity index (χ4v) is 2.53. The average molecular weight is 299 g/mol. The molecule has 0 unspecified atom stereocenters. The second-order valence-electron chi connectivity index (χ2n) is 4.90. The third-order valence-corrected chi connectivity index (χ3v) is 3.67. The summed E-state index contributed by atoms with van der Waals surface area (Å²) < 4.78 is 7.01. The molecule has 0 atom stereocenters. The molecule has 1 aromatic carbocycles. The Morgan fingerprint density at radius 3 is 2.50 bits per heavy atom. The number of esters is 1. The van der Waals surface area contributed by atoms with Crippen molar-refractivity contribution in [2.24, 2.45) is 14.1 Å². The van der Waals surface area contributed by atoms with Gasteiger partial charge in [-0.2, -0.15) is 0 Å². The first-order valence-electron chi connectivity index (χ1n) is 6.54. The van der Waals surface area contributed by atoms with E-state index in [0.29, 0.717) is 10.9 Å². The van der Waals surface area contributed by atoms with Gasteiger partial charge in [0.25, 0.3) is 5.56 Å². The number of benzene rings is 1. The van der Waals surface area contributed by atoms with E-state index in [0.717, 1.165) is 4.57 Å². The van der Waals surface area contributed by atoms with E-state index in [4.69, 9.17) is 4.74 Å². The normalized spacial score (nSPS) is 11.0. The summed E-state index contributed by atoms with van der Waals surface area (Å²) in [5, 5.41) is 0.591. The first kappa shape index (κ1) is 14.0. The van der Waals surface area contributed by atoms with E-state index < -0.39 is 17.2 Å². The lowest BCUT2D eigenvalue weighted by Gasteiger charge is -2.12. The molecule has 0 radical (unpaired) electrons. The molecule has 7 nitrogen and oxygen atoms in total. The number of nitrogens with zero attached hydrogens (tertiary/aromatic N) is 3. The SMILES string of the molecule is COC(=O)c1c2ccccc2nc2c1c(=O)n(C)c(=O)n2C.